The zero-order valence-electron chi connectivity index (χ0n) is 16.4. The van der Waals surface area contributed by atoms with E-state index in [2.05, 4.69) is 26.0 Å². The second kappa shape index (κ2) is 8.44. The largest absolute Gasteiger partial charge is 0.270 e. The highest BCUT2D eigenvalue weighted by atomic mass is 32.2. The highest BCUT2D eigenvalue weighted by Crippen LogP contribution is 2.35. The van der Waals surface area contributed by atoms with Crippen molar-refractivity contribution in [3.05, 3.63) is 71.9 Å². The monoisotopic (exact) mass is 398 g/mol. The van der Waals surface area contributed by atoms with E-state index >= 15 is 0 Å². The Morgan fingerprint density at radius 3 is 2.15 bits per heavy atom. The molecule has 3 nitrogen and oxygen atoms in total. The summed E-state index contributed by atoms with van der Waals surface area (Å²) in [5.74, 6) is 0. The van der Waals surface area contributed by atoms with E-state index in [0.29, 0.717) is 4.90 Å². The minimum absolute atomic E-state index is 0.0898. The van der Waals surface area contributed by atoms with Crippen molar-refractivity contribution in [2.45, 2.75) is 56.6 Å². The van der Waals surface area contributed by atoms with Crippen LogP contribution in [0.4, 0.5) is 0 Å². The Morgan fingerprint density at radius 2 is 1.63 bits per heavy atom. The van der Waals surface area contributed by atoms with E-state index in [-0.39, 0.29) is 6.04 Å². The average Bonchev–Trinajstić information content (AvgIpc) is 3.51. The standard InChI is InChI=1S/C22H28NO2SSi/c1-4-27(5-2)22(19-9-7-6-8-10-19)17-23(20-13-14-20)26(24,25)21-15-11-18(3)12-16-21/h6-12,15-17,20H,4-5,13-14H2,1-3H3/b22-17-. The number of hydrogen-bond acceptors (Lipinski definition) is 2. The van der Waals surface area contributed by atoms with E-state index in [4.69, 9.17) is 0 Å². The number of hydrogen-bond donors (Lipinski definition) is 0. The summed E-state index contributed by atoms with van der Waals surface area (Å²) >= 11 is 0. The predicted octanol–water partition coefficient (Wildman–Crippen LogP) is 5.26. The Labute approximate surface area is 165 Å². The summed E-state index contributed by atoms with van der Waals surface area (Å²) in [4.78, 5) is 0.380. The SMILES string of the molecule is CC[Si](CC)/C(=C\N(C1CC1)S(=O)(=O)c1ccc(C)cc1)c1ccccc1. The van der Waals surface area contributed by atoms with Gasteiger partial charge < -0.3 is 0 Å². The Morgan fingerprint density at radius 1 is 1.04 bits per heavy atom. The van der Waals surface area contributed by atoms with Gasteiger partial charge in [0.15, 0.2) is 0 Å². The molecule has 3 rings (SSSR count). The highest BCUT2D eigenvalue weighted by molar-refractivity contribution is 7.89. The van der Waals surface area contributed by atoms with Gasteiger partial charge in [-0.3, -0.25) is 4.31 Å². The summed E-state index contributed by atoms with van der Waals surface area (Å²) < 4.78 is 28.4. The lowest BCUT2D eigenvalue weighted by atomic mass is 10.2. The third-order valence-electron chi connectivity index (χ3n) is 5.08. The first-order valence-corrected chi connectivity index (χ1v) is 13.0. The van der Waals surface area contributed by atoms with Gasteiger partial charge in [0.1, 0.15) is 0 Å². The van der Waals surface area contributed by atoms with Gasteiger partial charge in [-0.25, -0.2) is 8.42 Å². The molecule has 0 atom stereocenters. The lowest BCUT2D eigenvalue weighted by molar-refractivity contribution is 0.494. The number of sulfonamides is 1. The topological polar surface area (TPSA) is 37.4 Å². The molecule has 0 N–H and O–H groups in total. The van der Waals surface area contributed by atoms with Gasteiger partial charge in [-0.15, -0.1) is 0 Å². The highest BCUT2D eigenvalue weighted by Gasteiger charge is 2.36. The Kier molecular flexibility index (Phi) is 6.22. The van der Waals surface area contributed by atoms with E-state index in [0.717, 1.165) is 36.1 Å². The summed E-state index contributed by atoms with van der Waals surface area (Å²) in [5, 5.41) is 1.22. The molecule has 27 heavy (non-hydrogen) atoms. The van der Waals surface area contributed by atoms with Gasteiger partial charge in [0.05, 0.1) is 13.7 Å². The van der Waals surface area contributed by atoms with E-state index in [1.165, 1.54) is 5.20 Å². The van der Waals surface area contributed by atoms with Crippen LogP contribution in [-0.4, -0.2) is 27.6 Å². The first-order chi connectivity index (χ1) is 13.0. The molecule has 1 saturated carbocycles. The lowest BCUT2D eigenvalue weighted by Crippen LogP contribution is -2.30. The van der Waals surface area contributed by atoms with Gasteiger partial charge in [-0.1, -0.05) is 74.0 Å². The summed E-state index contributed by atoms with van der Waals surface area (Å²) in [6.45, 7) is 6.40. The van der Waals surface area contributed by atoms with Crippen LogP contribution in [0.1, 0.15) is 37.8 Å². The molecule has 0 bridgehead atoms. The Bertz CT molecular complexity index is 884. The van der Waals surface area contributed by atoms with Gasteiger partial charge in [0, 0.05) is 12.2 Å². The second-order valence-corrected chi connectivity index (χ2v) is 12.1. The summed E-state index contributed by atoms with van der Waals surface area (Å²) in [5.41, 5.74) is 2.22. The van der Waals surface area contributed by atoms with Crippen molar-refractivity contribution in [1.82, 2.24) is 4.31 Å². The number of benzene rings is 2. The summed E-state index contributed by atoms with van der Waals surface area (Å²) in [6, 6.07) is 19.7. The molecular formula is C22H28NO2SSi. The molecule has 1 aliphatic rings. The second-order valence-electron chi connectivity index (χ2n) is 7.10. The zero-order chi connectivity index (χ0) is 19.4. The molecule has 0 amide bonds. The van der Waals surface area contributed by atoms with Gasteiger partial charge >= 0.3 is 0 Å². The summed E-state index contributed by atoms with van der Waals surface area (Å²) in [6.07, 6.45) is 3.83. The molecule has 1 aliphatic carbocycles. The third-order valence-corrected chi connectivity index (χ3v) is 9.79. The fourth-order valence-electron chi connectivity index (χ4n) is 3.28. The number of rotatable bonds is 8. The molecule has 0 unspecified atom stereocenters. The predicted molar refractivity (Wildman–Crippen MR) is 114 cm³/mol. The average molecular weight is 399 g/mol. The van der Waals surface area contributed by atoms with Crippen LogP contribution in [0.15, 0.2) is 65.7 Å². The molecule has 2 aromatic carbocycles. The van der Waals surface area contributed by atoms with Crippen LogP contribution < -0.4 is 0 Å². The molecule has 2 aromatic rings. The van der Waals surface area contributed by atoms with E-state index in [1.807, 2.05) is 43.5 Å². The van der Waals surface area contributed by atoms with Gasteiger partial charge in [0.25, 0.3) is 10.0 Å². The van der Waals surface area contributed by atoms with Crippen molar-refractivity contribution in [2.75, 3.05) is 0 Å². The van der Waals surface area contributed by atoms with Crippen LogP contribution in [0.2, 0.25) is 12.1 Å². The molecule has 0 saturated heterocycles. The smallest absolute Gasteiger partial charge is 0.264 e. The zero-order valence-corrected chi connectivity index (χ0v) is 18.2. The normalized spacial score (nSPS) is 15.2. The van der Waals surface area contributed by atoms with E-state index in [9.17, 15) is 8.42 Å². The maximum atomic E-state index is 13.4. The molecule has 0 aliphatic heterocycles. The first kappa shape index (κ1) is 19.9. The van der Waals surface area contributed by atoms with Crippen molar-refractivity contribution >= 4 is 24.0 Å². The Balaban J connectivity index is 2.08. The molecule has 1 radical (unpaired) electrons. The van der Waals surface area contributed by atoms with Crippen molar-refractivity contribution in [2.24, 2.45) is 0 Å². The van der Waals surface area contributed by atoms with Crippen molar-refractivity contribution in [1.29, 1.82) is 0 Å². The first-order valence-electron chi connectivity index (χ1n) is 9.69. The quantitative estimate of drug-likeness (QED) is 0.569. The Hall–Kier alpha value is -1.85. The molecule has 5 heteroatoms. The van der Waals surface area contributed by atoms with E-state index < -0.39 is 18.8 Å². The molecule has 0 heterocycles. The maximum Gasteiger partial charge on any atom is 0.264 e. The molecule has 143 valence electrons. The number of nitrogens with zero attached hydrogens (tertiary/aromatic N) is 1. The van der Waals surface area contributed by atoms with Crippen molar-refractivity contribution in [3.8, 4) is 0 Å². The van der Waals surface area contributed by atoms with Gasteiger partial charge in [-0.05, 0) is 42.7 Å². The molecule has 1 fully saturated rings. The van der Waals surface area contributed by atoms with E-state index in [1.54, 1.807) is 16.4 Å². The minimum Gasteiger partial charge on any atom is -0.270 e. The lowest BCUT2D eigenvalue weighted by Gasteiger charge is -2.25. The van der Waals surface area contributed by atoms with Gasteiger partial charge in [0.2, 0.25) is 0 Å². The van der Waals surface area contributed by atoms with Crippen LogP contribution in [0.3, 0.4) is 0 Å². The molecule has 0 aromatic heterocycles. The van der Waals surface area contributed by atoms with Crippen LogP contribution >= 0.6 is 0 Å². The van der Waals surface area contributed by atoms with Gasteiger partial charge in [-0.2, -0.15) is 0 Å². The number of aryl methyl sites for hydroxylation is 1. The fraction of sp³-hybridized carbons (Fsp3) is 0.364. The van der Waals surface area contributed by atoms with Crippen LogP contribution in [0.25, 0.3) is 5.20 Å². The summed E-state index contributed by atoms with van der Waals surface area (Å²) in [7, 11) is -4.34. The minimum atomic E-state index is -3.53. The van der Waals surface area contributed by atoms with Crippen LogP contribution in [0.5, 0.6) is 0 Å². The van der Waals surface area contributed by atoms with Crippen molar-refractivity contribution in [3.63, 3.8) is 0 Å². The maximum absolute atomic E-state index is 13.4. The fourth-order valence-corrected chi connectivity index (χ4v) is 7.10. The van der Waals surface area contributed by atoms with Crippen LogP contribution in [0, 0.1) is 6.92 Å². The third kappa shape index (κ3) is 4.53. The van der Waals surface area contributed by atoms with Crippen molar-refractivity contribution < 1.29 is 8.42 Å². The molecular weight excluding hydrogens is 370 g/mol. The van der Waals surface area contributed by atoms with Crippen LogP contribution in [-0.2, 0) is 10.0 Å². The molecule has 0 spiro atoms.